The van der Waals surface area contributed by atoms with Gasteiger partial charge in [0.25, 0.3) is 0 Å². The lowest BCUT2D eigenvalue weighted by molar-refractivity contribution is -0.142. The summed E-state index contributed by atoms with van der Waals surface area (Å²) in [5.41, 5.74) is 2.20. The molecule has 1 aliphatic heterocycles. The molecule has 0 spiro atoms. The smallest absolute Gasteiger partial charge is 0.326 e. The number of benzene rings is 1. The minimum absolute atomic E-state index is 0.192. The third-order valence-electron chi connectivity index (χ3n) is 3.42. The number of carboxylic acids is 1. The molecule has 4 nitrogen and oxygen atoms in total. The molecule has 0 saturated heterocycles. The molecule has 0 bridgehead atoms. The normalized spacial score (nSPS) is 18.9. The monoisotopic (exact) mass is 293 g/mol. The maximum Gasteiger partial charge on any atom is 0.326 e. The van der Waals surface area contributed by atoms with Crippen LogP contribution in [0.3, 0.4) is 0 Å². The number of aryl methyl sites for hydroxylation is 1. The lowest BCUT2D eigenvalue weighted by Crippen LogP contribution is -2.43. The molecular weight excluding hydrogens is 274 g/mol. The number of amides is 1. The molecule has 1 aliphatic rings. The number of aliphatic carboxylic acids is 1. The van der Waals surface area contributed by atoms with E-state index in [0.717, 1.165) is 24.2 Å². The molecule has 108 valence electrons. The van der Waals surface area contributed by atoms with Gasteiger partial charge < -0.3 is 10.4 Å². The highest BCUT2D eigenvalue weighted by atomic mass is 32.2. The molecule has 1 amide bonds. The first-order valence-electron chi connectivity index (χ1n) is 6.86. The van der Waals surface area contributed by atoms with E-state index in [4.69, 9.17) is 5.11 Å². The first-order valence-corrected chi connectivity index (χ1v) is 7.91. The van der Waals surface area contributed by atoms with Crippen molar-refractivity contribution in [2.45, 2.75) is 37.5 Å². The summed E-state index contributed by atoms with van der Waals surface area (Å²) in [5, 5.41) is 11.5. The summed E-state index contributed by atoms with van der Waals surface area (Å²) in [6.45, 7) is 1.91. The van der Waals surface area contributed by atoms with Gasteiger partial charge in [-0.3, -0.25) is 4.79 Å². The van der Waals surface area contributed by atoms with Gasteiger partial charge in [-0.15, -0.1) is 11.8 Å². The standard InChI is InChI=1S/C15H19NO3S/c1-2-5-12(15(18)19)16-14(17)13-11-7-4-3-6-10(11)8-9-20-13/h3-4,6-7,12-13H,2,5,8-9H2,1H3,(H,16,17)(H,18,19). The Morgan fingerprint density at radius 1 is 1.45 bits per heavy atom. The van der Waals surface area contributed by atoms with Crippen LogP contribution in [0.15, 0.2) is 24.3 Å². The molecule has 1 heterocycles. The zero-order valence-corrected chi connectivity index (χ0v) is 12.3. The van der Waals surface area contributed by atoms with Gasteiger partial charge in [-0.1, -0.05) is 37.6 Å². The van der Waals surface area contributed by atoms with Gasteiger partial charge >= 0.3 is 5.97 Å². The highest BCUT2D eigenvalue weighted by molar-refractivity contribution is 8.00. The molecule has 0 fully saturated rings. The van der Waals surface area contributed by atoms with Crippen molar-refractivity contribution in [3.63, 3.8) is 0 Å². The first kappa shape index (κ1) is 14.9. The molecule has 1 aromatic rings. The van der Waals surface area contributed by atoms with Crippen molar-refractivity contribution in [2.75, 3.05) is 5.75 Å². The van der Waals surface area contributed by atoms with E-state index < -0.39 is 12.0 Å². The van der Waals surface area contributed by atoms with Gasteiger partial charge in [0.1, 0.15) is 11.3 Å². The fourth-order valence-corrected chi connectivity index (χ4v) is 3.61. The fourth-order valence-electron chi connectivity index (χ4n) is 2.40. The lowest BCUT2D eigenvalue weighted by Gasteiger charge is -2.25. The Bertz CT molecular complexity index is 504. The third kappa shape index (κ3) is 3.33. The van der Waals surface area contributed by atoms with Gasteiger partial charge in [-0.2, -0.15) is 0 Å². The van der Waals surface area contributed by atoms with Crippen molar-refractivity contribution >= 4 is 23.6 Å². The van der Waals surface area contributed by atoms with Gasteiger partial charge in [0.15, 0.2) is 0 Å². The van der Waals surface area contributed by atoms with Crippen molar-refractivity contribution in [3.8, 4) is 0 Å². The van der Waals surface area contributed by atoms with Crippen LogP contribution in [-0.2, 0) is 16.0 Å². The number of fused-ring (bicyclic) bond motifs is 1. The largest absolute Gasteiger partial charge is 0.480 e. The molecule has 0 radical (unpaired) electrons. The van der Waals surface area contributed by atoms with Crippen LogP contribution in [-0.4, -0.2) is 28.8 Å². The second-order valence-corrected chi connectivity index (χ2v) is 6.10. The van der Waals surface area contributed by atoms with Crippen LogP contribution in [0.5, 0.6) is 0 Å². The van der Waals surface area contributed by atoms with Gasteiger partial charge in [0.05, 0.1) is 0 Å². The summed E-state index contributed by atoms with van der Waals surface area (Å²) >= 11 is 1.58. The Morgan fingerprint density at radius 2 is 2.20 bits per heavy atom. The average Bonchev–Trinajstić information content (AvgIpc) is 2.46. The second-order valence-electron chi connectivity index (χ2n) is 4.89. The van der Waals surface area contributed by atoms with Gasteiger partial charge in [0, 0.05) is 0 Å². The van der Waals surface area contributed by atoms with E-state index in [1.165, 1.54) is 5.56 Å². The van der Waals surface area contributed by atoms with E-state index in [1.54, 1.807) is 11.8 Å². The number of carbonyl (C=O) groups excluding carboxylic acids is 1. The Morgan fingerprint density at radius 3 is 2.90 bits per heavy atom. The fraction of sp³-hybridized carbons (Fsp3) is 0.467. The van der Waals surface area contributed by atoms with E-state index in [-0.39, 0.29) is 11.2 Å². The number of hydrogen-bond donors (Lipinski definition) is 2. The predicted octanol–water partition coefficient (Wildman–Crippen LogP) is 2.39. The third-order valence-corrected chi connectivity index (χ3v) is 4.66. The van der Waals surface area contributed by atoms with E-state index >= 15 is 0 Å². The zero-order valence-electron chi connectivity index (χ0n) is 11.5. The highest BCUT2D eigenvalue weighted by Gasteiger charge is 2.29. The Balaban J connectivity index is 2.12. The number of nitrogens with one attached hydrogen (secondary N) is 1. The van der Waals surface area contributed by atoms with Crippen LogP contribution in [0, 0.1) is 0 Å². The maximum absolute atomic E-state index is 12.4. The summed E-state index contributed by atoms with van der Waals surface area (Å²) in [7, 11) is 0. The second kappa shape index (κ2) is 6.79. The Kier molecular flexibility index (Phi) is 5.06. The van der Waals surface area contributed by atoms with Crippen LogP contribution < -0.4 is 5.32 Å². The summed E-state index contributed by atoms with van der Waals surface area (Å²) in [6.07, 6.45) is 2.15. The summed E-state index contributed by atoms with van der Waals surface area (Å²) in [4.78, 5) is 23.5. The van der Waals surface area contributed by atoms with Crippen molar-refractivity contribution in [1.82, 2.24) is 5.32 Å². The van der Waals surface area contributed by atoms with Gasteiger partial charge in [0.2, 0.25) is 5.91 Å². The van der Waals surface area contributed by atoms with Crippen molar-refractivity contribution in [3.05, 3.63) is 35.4 Å². The lowest BCUT2D eigenvalue weighted by atomic mass is 10.0. The minimum atomic E-state index is -0.964. The summed E-state index contributed by atoms with van der Waals surface area (Å²) in [6, 6.07) is 7.10. The molecule has 2 unspecified atom stereocenters. The molecule has 0 aromatic heterocycles. The van der Waals surface area contributed by atoms with E-state index in [2.05, 4.69) is 5.32 Å². The summed E-state index contributed by atoms with van der Waals surface area (Å²) < 4.78 is 0. The van der Waals surface area contributed by atoms with Crippen LogP contribution in [0.2, 0.25) is 0 Å². The minimum Gasteiger partial charge on any atom is -0.480 e. The van der Waals surface area contributed by atoms with E-state index in [1.807, 2.05) is 31.2 Å². The molecule has 20 heavy (non-hydrogen) atoms. The van der Waals surface area contributed by atoms with Gasteiger partial charge in [-0.05, 0) is 29.7 Å². The van der Waals surface area contributed by atoms with Crippen molar-refractivity contribution in [1.29, 1.82) is 0 Å². The van der Waals surface area contributed by atoms with E-state index in [9.17, 15) is 9.59 Å². The molecule has 2 N–H and O–H groups in total. The molecule has 2 atom stereocenters. The zero-order chi connectivity index (χ0) is 14.5. The number of rotatable bonds is 5. The molecule has 1 aromatic carbocycles. The van der Waals surface area contributed by atoms with E-state index in [0.29, 0.717) is 6.42 Å². The summed E-state index contributed by atoms with van der Waals surface area (Å²) in [5.74, 6) is -0.266. The number of carboxylic acid groups (broad SMARTS) is 1. The number of thioether (sulfide) groups is 1. The highest BCUT2D eigenvalue weighted by Crippen LogP contribution is 2.36. The number of hydrogen-bond acceptors (Lipinski definition) is 3. The van der Waals surface area contributed by atoms with Crippen LogP contribution >= 0.6 is 11.8 Å². The maximum atomic E-state index is 12.4. The van der Waals surface area contributed by atoms with Crippen LogP contribution in [0.1, 0.15) is 36.1 Å². The molecule has 2 rings (SSSR count). The topological polar surface area (TPSA) is 66.4 Å². The SMILES string of the molecule is CCCC(NC(=O)C1SCCc2ccccc21)C(=O)O. The van der Waals surface area contributed by atoms with Crippen molar-refractivity contribution in [2.24, 2.45) is 0 Å². The first-order chi connectivity index (χ1) is 9.63. The van der Waals surface area contributed by atoms with Crippen molar-refractivity contribution < 1.29 is 14.7 Å². The number of carbonyl (C=O) groups is 2. The quantitative estimate of drug-likeness (QED) is 0.875. The molecule has 0 saturated carbocycles. The molecule has 5 heteroatoms. The Labute approximate surface area is 123 Å². The molecule has 0 aliphatic carbocycles. The average molecular weight is 293 g/mol. The predicted molar refractivity (Wildman–Crippen MR) is 79.8 cm³/mol. The van der Waals surface area contributed by atoms with Crippen LogP contribution in [0.4, 0.5) is 0 Å². The molecular formula is C15H19NO3S. The van der Waals surface area contributed by atoms with Gasteiger partial charge in [-0.25, -0.2) is 4.79 Å². The van der Waals surface area contributed by atoms with Crippen LogP contribution in [0.25, 0.3) is 0 Å². The Hall–Kier alpha value is -1.49.